The van der Waals surface area contributed by atoms with Gasteiger partial charge in [0.05, 0.1) is 34.8 Å². The Bertz CT molecular complexity index is 1670. The molecule has 11 nitrogen and oxygen atoms in total. The third-order valence-electron chi connectivity index (χ3n) is 6.31. The van der Waals surface area contributed by atoms with E-state index in [-0.39, 0.29) is 18.0 Å². The van der Waals surface area contributed by atoms with Crippen molar-refractivity contribution >= 4 is 56.9 Å². The fourth-order valence-corrected chi connectivity index (χ4v) is 5.94. The molecule has 6 N–H and O–H groups in total. The number of hydrogen-bond acceptors (Lipinski definition) is 7. The van der Waals surface area contributed by atoms with Crippen molar-refractivity contribution in [1.29, 1.82) is 0 Å². The molecule has 12 heteroatoms. The highest BCUT2D eigenvalue weighted by molar-refractivity contribution is 7.86. The fraction of sp³-hybridized carbons (Fsp3) is 0.111. The summed E-state index contributed by atoms with van der Waals surface area (Å²) >= 11 is 0. The molecule has 0 bridgehead atoms. The molecular weight excluding hydrogens is 514 g/mol. The second kappa shape index (κ2) is 10.4. The fourth-order valence-electron chi connectivity index (χ4n) is 4.59. The van der Waals surface area contributed by atoms with Crippen LogP contribution in [0, 0.1) is 0 Å². The predicted octanol–water partition coefficient (Wildman–Crippen LogP) is 4.15. The molecule has 196 valence electrons. The van der Waals surface area contributed by atoms with E-state index in [1.165, 1.54) is 0 Å². The number of rotatable bonds is 6. The van der Waals surface area contributed by atoms with Gasteiger partial charge in [0.25, 0.3) is 0 Å². The van der Waals surface area contributed by atoms with Gasteiger partial charge in [0, 0.05) is 11.4 Å². The number of H-pyrrole nitrogens is 1. The highest BCUT2D eigenvalue weighted by Gasteiger charge is 2.29. The molecule has 5 aromatic rings. The topological polar surface area (TPSA) is 154 Å². The molecule has 1 aliphatic heterocycles. The number of nitrogens with two attached hydrogens (primary N) is 1. The monoisotopic (exact) mass is 539 g/mol. The first-order valence-electron chi connectivity index (χ1n) is 12.3. The second-order valence-corrected chi connectivity index (χ2v) is 10.4. The van der Waals surface area contributed by atoms with Gasteiger partial charge in [0.1, 0.15) is 5.82 Å². The maximum atomic E-state index is 13.9. The molecule has 2 atom stereocenters. The summed E-state index contributed by atoms with van der Waals surface area (Å²) in [6.45, 7) is 0.443. The van der Waals surface area contributed by atoms with Crippen LogP contribution in [-0.2, 0) is 17.4 Å². The van der Waals surface area contributed by atoms with Gasteiger partial charge in [0.15, 0.2) is 16.6 Å². The minimum absolute atomic E-state index is 0.116. The van der Waals surface area contributed by atoms with Crippen molar-refractivity contribution in [3.8, 4) is 0 Å². The van der Waals surface area contributed by atoms with Gasteiger partial charge in [-0.25, -0.2) is 9.00 Å². The van der Waals surface area contributed by atoms with Crippen LogP contribution in [0.2, 0.25) is 0 Å². The Hall–Kier alpha value is -4.97. The van der Waals surface area contributed by atoms with Gasteiger partial charge in [-0.3, -0.25) is 9.40 Å². The minimum atomic E-state index is -1.55. The van der Waals surface area contributed by atoms with Gasteiger partial charge in [-0.05, 0) is 48.4 Å². The largest absolute Gasteiger partial charge is 0.368 e. The van der Waals surface area contributed by atoms with E-state index < -0.39 is 11.0 Å². The Kier molecular flexibility index (Phi) is 6.51. The number of benzene rings is 3. The van der Waals surface area contributed by atoms with Crippen molar-refractivity contribution in [1.82, 2.24) is 20.2 Å². The number of nitrogen functional groups attached to an aromatic ring is 1. The number of carbonyl (C=O) groups is 1. The van der Waals surface area contributed by atoms with Crippen LogP contribution in [0.3, 0.4) is 0 Å². The molecule has 2 amide bonds. The summed E-state index contributed by atoms with van der Waals surface area (Å²) in [5.74, 6) is 0.698. The predicted molar refractivity (Wildman–Crippen MR) is 153 cm³/mol. The van der Waals surface area contributed by atoms with E-state index in [4.69, 9.17) is 5.73 Å². The van der Waals surface area contributed by atoms with E-state index in [1.807, 2.05) is 46.8 Å². The molecule has 0 saturated carbocycles. The van der Waals surface area contributed by atoms with Crippen LogP contribution in [0.25, 0.3) is 11.0 Å². The molecule has 6 rings (SSSR count). The zero-order valence-corrected chi connectivity index (χ0v) is 21.5. The number of amides is 2. The Balaban J connectivity index is 1.23. The molecule has 0 spiro atoms. The molecule has 1 aliphatic rings. The van der Waals surface area contributed by atoms with Gasteiger partial charge < -0.3 is 21.7 Å². The van der Waals surface area contributed by atoms with Crippen molar-refractivity contribution in [3.05, 3.63) is 90.6 Å². The lowest BCUT2D eigenvalue weighted by Crippen LogP contribution is -2.43. The van der Waals surface area contributed by atoms with Crippen molar-refractivity contribution in [2.45, 2.75) is 17.4 Å². The van der Waals surface area contributed by atoms with Gasteiger partial charge in [-0.2, -0.15) is 15.1 Å². The van der Waals surface area contributed by atoms with E-state index in [0.717, 1.165) is 16.6 Å². The number of hydrogen-bond donors (Lipinski definition) is 5. The van der Waals surface area contributed by atoms with Gasteiger partial charge in [0.2, 0.25) is 5.95 Å². The number of nitrogens with one attached hydrogen (secondary N) is 4. The molecule has 0 aliphatic carbocycles. The normalized spacial score (nSPS) is 15.4. The Morgan fingerprint density at radius 2 is 1.74 bits per heavy atom. The van der Waals surface area contributed by atoms with Crippen LogP contribution in [0.4, 0.5) is 33.6 Å². The van der Waals surface area contributed by atoms with E-state index in [9.17, 15) is 9.00 Å². The van der Waals surface area contributed by atoms with Crippen LogP contribution in [0.5, 0.6) is 0 Å². The number of fused-ring (bicyclic) bond motifs is 2. The Morgan fingerprint density at radius 3 is 2.62 bits per heavy atom. The number of urea groups is 1. The standard InChI is InChI=1S/C27H25N9O2S/c28-26-33-24(22-15-29-35-25(22)34-26)30-20-13-17-7-4-5-12-23(17)36(16-20)39(38)21-11-6-10-19(14-21)32-27(37)31-18-8-2-1-3-9-18/h1-12,14-15,20H,13,16H2,(H2,31,32,37)(H4,28,29,30,33,34,35). The Labute approximate surface area is 226 Å². The molecule has 3 aromatic carbocycles. The maximum absolute atomic E-state index is 13.9. The minimum Gasteiger partial charge on any atom is -0.368 e. The smallest absolute Gasteiger partial charge is 0.323 e. The molecule has 3 heterocycles. The van der Waals surface area contributed by atoms with Crippen LogP contribution < -0.4 is 26.0 Å². The first-order chi connectivity index (χ1) is 19.0. The summed E-state index contributed by atoms with van der Waals surface area (Å²) in [6, 6.07) is 23.6. The van der Waals surface area contributed by atoms with E-state index in [2.05, 4.69) is 36.1 Å². The second-order valence-electron chi connectivity index (χ2n) is 9.02. The summed E-state index contributed by atoms with van der Waals surface area (Å²) in [4.78, 5) is 21.6. The van der Waals surface area contributed by atoms with Gasteiger partial charge >= 0.3 is 6.03 Å². The van der Waals surface area contributed by atoms with Crippen LogP contribution >= 0.6 is 0 Å². The van der Waals surface area contributed by atoms with E-state index in [1.54, 1.807) is 42.6 Å². The number of para-hydroxylation sites is 2. The summed E-state index contributed by atoms with van der Waals surface area (Å²) in [5.41, 5.74) is 9.61. The van der Waals surface area contributed by atoms with E-state index >= 15 is 0 Å². The van der Waals surface area contributed by atoms with Crippen molar-refractivity contribution in [3.63, 3.8) is 0 Å². The van der Waals surface area contributed by atoms with Crippen molar-refractivity contribution < 1.29 is 9.00 Å². The highest BCUT2D eigenvalue weighted by atomic mass is 32.2. The number of anilines is 5. The first-order valence-corrected chi connectivity index (χ1v) is 13.4. The third kappa shape index (κ3) is 5.22. The van der Waals surface area contributed by atoms with Crippen molar-refractivity contribution in [2.75, 3.05) is 32.5 Å². The van der Waals surface area contributed by atoms with Gasteiger partial charge in [-0.1, -0.05) is 42.5 Å². The maximum Gasteiger partial charge on any atom is 0.323 e. The molecule has 2 aromatic heterocycles. The SMILES string of the molecule is Nc1nc(NC2Cc3ccccc3N(S(=O)c3cccc(NC(=O)Nc4ccccc4)c3)C2)c2cn[nH]c2n1. The molecule has 2 unspecified atom stereocenters. The zero-order chi connectivity index (χ0) is 26.8. The molecule has 0 radical (unpaired) electrons. The van der Waals surface area contributed by atoms with Gasteiger partial charge in [-0.15, -0.1) is 0 Å². The van der Waals surface area contributed by atoms with Crippen LogP contribution in [0.1, 0.15) is 5.56 Å². The lowest BCUT2D eigenvalue weighted by molar-refractivity contribution is 0.262. The summed E-state index contributed by atoms with van der Waals surface area (Å²) < 4.78 is 15.8. The first kappa shape index (κ1) is 24.4. The lowest BCUT2D eigenvalue weighted by atomic mass is 9.99. The summed E-state index contributed by atoms with van der Waals surface area (Å²) in [5, 5.41) is 16.7. The number of aromatic nitrogens is 4. The molecular formula is C27H25N9O2S. The zero-order valence-electron chi connectivity index (χ0n) is 20.7. The van der Waals surface area contributed by atoms with Crippen molar-refractivity contribution in [2.24, 2.45) is 0 Å². The highest BCUT2D eigenvalue weighted by Crippen LogP contribution is 2.32. The lowest BCUT2D eigenvalue weighted by Gasteiger charge is -2.35. The number of carbonyl (C=O) groups excluding carboxylic acids is 1. The number of aromatic amines is 1. The average molecular weight is 540 g/mol. The van der Waals surface area contributed by atoms with E-state index in [0.29, 0.717) is 40.7 Å². The molecule has 39 heavy (non-hydrogen) atoms. The van der Waals surface area contributed by atoms with Crippen LogP contribution in [0.15, 0.2) is 90.0 Å². The summed E-state index contributed by atoms with van der Waals surface area (Å²) in [6.07, 6.45) is 2.35. The summed E-state index contributed by atoms with van der Waals surface area (Å²) in [7, 11) is -1.55. The van der Waals surface area contributed by atoms with Crippen LogP contribution in [-0.4, -0.2) is 43.0 Å². The quantitative estimate of drug-likeness (QED) is 0.217. The molecule has 0 saturated heterocycles. The number of nitrogens with zero attached hydrogens (tertiary/aromatic N) is 4. The molecule has 0 fully saturated rings. The average Bonchev–Trinajstić information content (AvgIpc) is 3.41. The third-order valence-corrected chi connectivity index (χ3v) is 7.71. The Morgan fingerprint density at radius 1 is 0.974 bits per heavy atom.